The molecule has 42 heavy (non-hydrogen) atoms. The number of pyridine rings is 3. The molecule has 1 amide bonds. The molecule has 0 radical (unpaired) electrons. The molecule has 2 aliphatic heterocycles. The van der Waals surface area contributed by atoms with E-state index in [9.17, 15) is 13.2 Å². The highest BCUT2D eigenvalue weighted by molar-refractivity contribution is 7.93. The molecule has 7 rings (SSSR count). The van der Waals surface area contributed by atoms with E-state index in [1.54, 1.807) is 85.5 Å². The van der Waals surface area contributed by atoms with Crippen LogP contribution in [0.2, 0.25) is 5.02 Å². The van der Waals surface area contributed by atoms with Crippen LogP contribution in [0.3, 0.4) is 0 Å². The van der Waals surface area contributed by atoms with Crippen molar-refractivity contribution in [1.29, 1.82) is 0 Å². The van der Waals surface area contributed by atoms with Crippen molar-refractivity contribution in [3.63, 3.8) is 0 Å². The standard InChI is InChI=1S/C31H25ClN6O3S/c32-23-9-10-26-25(21-23)31(28-8-1-2-13-34-28,37-19-17-36(18-20-37)24-11-15-33-16-12-24)30(39)38(26)42(40,41)27-7-3-5-22-6-4-14-35-29(22)27/h1-16,21H,17-20H2. The van der Waals surface area contributed by atoms with E-state index in [0.717, 1.165) is 9.99 Å². The maximum atomic E-state index is 15.0. The van der Waals surface area contributed by atoms with E-state index in [1.807, 2.05) is 17.0 Å². The van der Waals surface area contributed by atoms with E-state index in [2.05, 4.69) is 19.9 Å². The summed E-state index contributed by atoms with van der Waals surface area (Å²) < 4.78 is 30.0. The van der Waals surface area contributed by atoms with Gasteiger partial charge in [-0.05, 0) is 54.6 Å². The Morgan fingerprint density at radius 3 is 2.31 bits per heavy atom. The van der Waals surface area contributed by atoms with Gasteiger partial charge in [-0.1, -0.05) is 35.9 Å². The molecule has 1 unspecified atom stereocenters. The van der Waals surface area contributed by atoms with Crippen LogP contribution in [-0.2, 0) is 20.4 Å². The number of sulfonamides is 1. The molecule has 1 atom stereocenters. The zero-order valence-electron chi connectivity index (χ0n) is 22.3. The lowest BCUT2D eigenvalue weighted by atomic mass is 9.84. The van der Waals surface area contributed by atoms with E-state index >= 15 is 0 Å². The van der Waals surface area contributed by atoms with E-state index in [1.165, 1.54) is 6.07 Å². The van der Waals surface area contributed by atoms with Gasteiger partial charge in [0.15, 0.2) is 5.54 Å². The summed E-state index contributed by atoms with van der Waals surface area (Å²) in [5.41, 5.74) is 0.976. The zero-order chi connectivity index (χ0) is 28.9. The van der Waals surface area contributed by atoms with E-state index in [0.29, 0.717) is 53.4 Å². The number of para-hydroxylation sites is 1. The van der Waals surface area contributed by atoms with Gasteiger partial charge in [0.05, 0.1) is 16.9 Å². The molecule has 0 aliphatic carbocycles. The SMILES string of the molecule is O=C1N(S(=O)(=O)c2cccc3cccnc23)c2ccc(Cl)cc2C1(c1ccccn1)N1CCN(c2ccncc2)CC1. The molecule has 0 bridgehead atoms. The molecule has 3 aromatic heterocycles. The Bertz CT molecular complexity index is 1910. The second kappa shape index (κ2) is 10.2. The van der Waals surface area contributed by atoms with E-state index in [4.69, 9.17) is 11.6 Å². The zero-order valence-corrected chi connectivity index (χ0v) is 23.9. The first kappa shape index (κ1) is 26.5. The van der Waals surface area contributed by atoms with Crippen LogP contribution >= 0.6 is 11.6 Å². The number of hydrogen-bond acceptors (Lipinski definition) is 8. The summed E-state index contributed by atoms with van der Waals surface area (Å²) in [5, 5.41) is 1.05. The van der Waals surface area contributed by atoms with Crippen LogP contribution in [0.4, 0.5) is 11.4 Å². The van der Waals surface area contributed by atoms with Gasteiger partial charge in [0, 0.05) is 72.6 Å². The van der Waals surface area contributed by atoms with Crippen LogP contribution in [-0.4, -0.2) is 60.4 Å². The molecule has 0 spiro atoms. The molecular formula is C31H25ClN6O3S. The second-order valence-corrected chi connectivity index (χ2v) is 12.4. The fourth-order valence-corrected chi connectivity index (χ4v) is 7.92. The number of amides is 1. The largest absolute Gasteiger partial charge is 0.369 e. The number of benzene rings is 2. The highest BCUT2D eigenvalue weighted by atomic mass is 35.5. The highest BCUT2D eigenvalue weighted by Gasteiger charge is 2.60. The number of halogens is 1. The minimum Gasteiger partial charge on any atom is -0.369 e. The van der Waals surface area contributed by atoms with Gasteiger partial charge in [-0.15, -0.1) is 0 Å². The molecule has 1 saturated heterocycles. The first-order valence-electron chi connectivity index (χ1n) is 13.5. The van der Waals surface area contributed by atoms with Gasteiger partial charge in [-0.25, -0.2) is 12.7 Å². The number of piperazine rings is 1. The molecule has 2 aromatic carbocycles. The molecule has 2 aliphatic rings. The smallest absolute Gasteiger partial charge is 0.273 e. The van der Waals surface area contributed by atoms with Gasteiger partial charge < -0.3 is 4.90 Å². The number of anilines is 2. The number of hydrogen-bond donors (Lipinski definition) is 0. The van der Waals surface area contributed by atoms with Crippen molar-refractivity contribution in [3.05, 3.63) is 120 Å². The number of carbonyl (C=O) groups excluding carboxylic acids is 1. The maximum absolute atomic E-state index is 15.0. The van der Waals surface area contributed by atoms with Gasteiger partial charge in [0.1, 0.15) is 4.90 Å². The second-order valence-electron chi connectivity index (χ2n) is 10.2. The molecule has 5 heterocycles. The normalized spacial score (nSPS) is 19.3. The molecule has 0 saturated carbocycles. The summed E-state index contributed by atoms with van der Waals surface area (Å²) >= 11 is 6.54. The van der Waals surface area contributed by atoms with Gasteiger partial charge >= 0.3 is 0 Å². The minimum atomic E-state index is -4.41. The van der Waals surface area contributed by atoms with Crippen molar-refractivity contribution in [1.82, 2.24) is 19.9 Å². The number of carbonyl (C=O) groups is 1. The van der Waals surface area contributed by atoms with Gasteiger partial charge in [0.25, 0.3) is 15.9 Å². The summed E-state index contributed by atoms with van der Waals surface area (Å²) in [5.74, 6) is -0.622. The van der Waals surface area contributed by atoms with Gasteiger partial charge in [-0.3, -0.25) is 24.6 Å². The minimum absolute atomic E-state index is 0.0471. The third-order valence-electron chi connectivity index (χ3n) is 7.99. The van der Waals surface area contributed by atoms with Crippen molar-refractivity contribution >= 4 is 49.8 Å². The Balaban J connectivity index is 1.40. The quantitative estimate of drug-likeness (QED) is 0.293. The van der Waals surface area contributed by atoms with Crippen LogP contribution in [0.1, 0.15) is 11.3 Å². The number of aromatic nitrogens is 3. The molecule has 9 nitrogen and oxygen atoms in total. The summed E-state index contributed by atoms with van der Waals surface area (Å²) in [7, 11) is -4.41. The molecule has 1 fully saturated rings. The fourth-order valence-electron chi connectivity index (χ4n) is 6.11. The van der Waals surface area contributed by atoms with E-state index < -0.39 is 21.5 Å². The summed E-state index contributed by atoms with van der Waals surface area (Å²) in [6.45, 7) is 2.17. The maximum Gasteiger partial charge on any atom is 0.273 e. The topological polar surface area (TPSA) is 99.6 Å². The number of fused-ring (bicyclic) bond motifs is 2. The highest BCUT2D eigenvalue weighted by Crippen LogP contribution is 2.51. The Labute approximate surface area is 248 Å². The monoisotopic (exact) mass is 596 g/mol. The molecule has 5 aromatic rings. The lowest BCUT2D eigenvalue weighted by Crippen LogP contribution is -2.60. The predicted molar refractivity (Wildman–Crippen MR) is 161 cm³/mol. The van der Waals surface area contributed by atoms with Crippen LogP contribution in [0, 0.1) is 0 Å². The van der Waals surface area contributed by atoms with Gasteiger partial charge in [-0.2, -0.15) is 0 Å². The first-order valence-corrected chi connectivity index (χ1v) is 15.3. The van der Waals surface area contributed by atoms with Crippen molar-refractivity contribution in [2.45, 2.75) is 10.4 Å². The van der Waals surface area contributed by atoms with Crippen molar-refractivity contribution in [2.75, 3.05) is 35.4 Å². The van der Waals surface area contributed by atoms with Crippen molar-refractivity contribution in [3.8, 4) is 0 Å². The Hall–Kier alpha value is -4.38. The van der Waals surface area contributed by atoms with Crippen LogP contribution in [0.25, 0.3) is 10.9 Å². The third-order valence-corrected chi connectivity index (χ3v) is 9.96. The molecule has 210 valence electrons. The lowest BCUT2D eigenvalue weighted by molar-refractivity contribution is -0.127. The summed E-state index contributed by atoms with van der Waals surface area (Å²) in [6.07, 6.45) is 6.66. The lowest BCUT2D eigenvalue weighted by Gasteiger charge is -2.45. The van der Waals surface area contributed by atoms with Crippen molar-refractivity contribution in [2.24, 2.45) is 0 Å². The van der Waals surface area contributed by atoms with Crippen molar-refractivity contribution < 1.29 is 13.2 Å². The predicted octanol–water partition coefficient (Wildman–Crippen LogP) is 4.48. The van der Waals surface area contributed by atoms with E-state index in [-0.39, 0.29) is 10.6 Å². The average molecular weight is 597 g/mol. The summed E-state index contributed by atoms with van der Waals surface area (Å²) in [4.78, 5) is 32.3. The van der Waals surface area contributed by atoms with Gasteiger partial charge in [0.2, 0.25) is 0 Å². The Kier molecular flexibility index (Phi) is 6.41. The molecular weight excluding hydrogens is 572 g/mol. The Morgan fingerprint density at radius 2 is 1.55 bits per heavy atom. The van der Waals surface area contributed by atoms with Crippen LogP contribution in [0.15, 0.2) is 109 Å². The van der Waals surface area contributed by atoms with Crippen LogP contribution in [0.5, 0.6) is 0 Å². The molecule has 11 heteroatoms. The van der Waals surface area contributed by atoms with Crippen LogP contribution < -0.4 is 9.21 Å². The third kappa shape index (κ3) is 3.98. The Morgan fingerprint density at radius 1 is 0.786 bits per heavy atom. The average Bonchev–Trinajstić information content (AvgIpc) is 3.30. The molecule has 0 N–H and O–H groups in total. The summed E-state index contributed by atoms with van der Waals surface area (Å²) in [6, 6.07) is 22.6. The first-order chi connectivity index (χ1) is 20.4. The number of rotatable bonds is 5. The number of nitrogens with zero attached hydrogens (tertiary/aromatic N) is 6. The fraction of sp³-hybridized carbons (Fsp3) is 0.161.